The molecule has 0 aliphatic heterocycles. The van der Waals surface area contributed by atoms with Crippen molar-refractivity contribution in [2.75, 3.05) is 0 Å². The average molecular weight is 311 g/mol. The minimum absolute atomic E-state index is 0.451. The Morgan fingerprint density at radius 1 is 1.30 bits per heavy atom. The second-order valence-electron chi connectivity index (χ2n) is 6.56. The molecule has 1 heterocycles. The number of fused-ring (bicyclic) bond motifs is 1. The van der Waals surface area contributed by atoms with Gasteiger partial charge in [-0.05, 0) is 49.3 Å². The van der Waals surface area contributed by atoms with Crippen molar-refractivity contribution in [1.82, 2.24) is 9.55 Å². The van der Waals surface area contributed by atoms with Crippen LogP contribution in [0, 0.1) is 5.41 Å². The van der Waals surface area contributed by atoms with Crippen LogP contribution in [0.25, 0.3) is 11.0 Å². The summed E-state index contributed by atoms with van der Waals surface area (Å²) in [5, 5.41) is 0.730. The number of hydrogen-bond donors (Lipinski definition) is 0. The lowest BCUT2D eigenvalue weighted by molar-refractivity contribution is 0.194. The molecule has 3 rings (SSSR count). The summed E-state index contributed by atoms with van der Waals surface area (Å²) in [5.74, 6) is 1.42. The maximum atomic E-state index is 6.10. The predicted molar refractivity (Wildman–Crippen MR) is 85.6 cm³/mol. The smallest absolute Gasteiger partial charge is 0.125 e. The highest BCUT2D eigenvalue weighted by molar-refractivity contribution is 6.31. The van der Waals surface area contributed by atoms with E-state index < -0.39 is 0 Å². The SMILES string of the molecule is CC1(C)CCC(n2c(CCl)nc3cc(Cl)ccc32)CC1. The van der Waals surface area contributed by atoms with Crippen LogP contribution in [0.2, 0.25) is 5.02 Å². The summed E-state index contributed by atoms with van der Waals surface area (Å²) in [5.41, 5.74) is 2.59. The van der Waals surface area contributed by atoms with Crippen LogP contribution in [-0.4, -0.2) is 9.55 Å². The van der Waals surface area contributed by atoms with E-state index in [-0.39, 0.29) is 0 Å². The molecule has 0 amide bonds. The first kappa shape index (κ1) is 14.2. The van der Waals surface area contributed by atoms with Gasteiger partial charge in [-0.3, -0.25) is 0 Å². The van der Waals surface area contributed by atoms with Crippen molar-refractivity contribution < 1.29 is 0 Å². The van der Waals surface area contributed by atoms with Crippen LogP contribution in [0.4, 0.5) is 0 Å². The van der Waals surface area contributed by atoms with E-state index in [1.54, 1.807) is 0 Å². The van der Waals surface area contributed by atoms with E-state index in [1.165, 1.54) is 25.7 Å². The predicted octanol–water partition coefficient (Wildman–Crippen LogP) is 5.57. The van der Waals surface area contributed by atoms with E-state index in [2.05, 4.69) is 29.5 Å². The standard InChI is InChI=1S/C16H20Cl2N2/c1-16(2)7-5-12(6-8-16)20-14-4-3-11(18)9-13(14)19-15(20)10-17/h3-4,9,12H,5-8,10H2,1-2H3. The summed E-state index contributed by atoms with van der Waals surface area (Å²) in [4.78, 5) is 4.65. The molecule has 0 saturated heterocycles. The molecule has 1 fully saturated rings. The largest absolute Gasteiger partial charge is 0.324 e. The van der Waals surface area contributed by atoms with Crippen LogP contribution in [0.3, 0.4) is 0 Å². The maximum absolute atomic E-state index is 6.10. The van der Waals surface area contributed by atoms with Crippen molar-refractivity contribution in [2.24, 2.45) is 5.41 Å². The second-order valence-corrected chi connectivity index (χ2v) is 7.26. The molecule has 1 aliphatic carbocycles. The van der Waals surface area contributed by atoms with Crippen LogP contribution in [0.15, 0.2) is 18.2 Å². The van der Waals surface area contributed by atoms with Crippen molar-refractivity contribution in [3.05, 3.63) is 29.0 Å². The van der Waals surface area contributed by atoms with Gasteiger partial charge in [0, 0.05) is 11.1 Å². The lowest BCUT2D eigenvalue weighted by Crippen LogP contribution is -2.24. The zero-order valence-corrected chi connectivity index (χ0v) is 13.5. The van der Waals surface area contributed by atoms with Gasteiger partial charge in [0.1, 0.15) is 5.82 Å². The van der Waals surface area contributed by atoms with E-state index in [0.29, 0.717) is 17.3 Å². The van der Waals surface area contributed by atoms with Crippen molar-refractivity contribution in [2.45, 2.75) is 51.5 Å². The first-order valence-corrected chi connectivity index (χ1v) is 8.14. The Balaban J connectivity index is 2.02. The quantitative estimate of drug-likeness (QED) is 0.663. The number of rotatable bonds is 2. The molecule has 1 aromatic heterocycles. The number of hydrogen-bond acceptors (Lipinski definition) is 1. The molecule has 0 unspecified atom stereocenters. The Morgan fingerprint density at radius 3 is 2.65 bits per heavy atom. The average Bonchev–Trinajstić information content (AvgIpc) is 2.76. The topological polar surface area (TPSA) is 17.8 Å². The van der Waals surface area contributed by atoms with Gasteiger partial charge in [0.25, 0.3) is 0 Å². The lowest BCUT2D eigenvalue weighted by Gasteiger charge is -2.35. The van der Waals surface area contributed by atoms with Crippen LogP contribution in [-0.2, 0) is 5.88 Å². The first-order chi connectivity index (χ1) is 9.50. The fourth-order valence-corrected chi connectivity index (χ4v) is 3.62. The summed E-state index contributed by atoms with van der Waals surface area (Å²) >= 11 is 12.2. The lowest BCUT2D eigenvalue weighted by atomic mass is 9.75. The number of nitrogens with zero attached hydrogens (tertiary/aromatic N) is 2. The van der Waals surface area contributed by atoms with Gasteiger partial charge in [0.15, 0.2) is 0 Å². The third-order valence-corrected chi connectivity index (χ3v) is 4.99. The van der Waals surface area contributed by atoms with Crippen LogP contribution in [0.1, 0.15) is 51.4 Å². The molecule has 2 nitrogen and oxygen atoms in total. The van der Waals surface area contributed by atoms with Gasteiger partial charge in [-0.2, -0.15) is 0 Å². The second kappa shape index (κ2) is 5.23. The van der Waals surface area contributed by atoms with Crippen LogP contribution in [0.5, 0.6) is 0 Å². The molecular formula is C16H20Cl2N2. The Hall–Kier alpha value is -0.730. The fourth-order valence-electron chi connectivity index (χ4n) is 3.27. The van der Waals surface area contributed by atoms with E-state index >= 15 is 0 Å². The zero-order valence-electron chi connectivity index (χ0n) is 12.0. The number of alkyl halides is 1. The highest BCUT2D eigenvalue weighted by Gasteiger charge is 2.29. The van der Waals surface area contributed by atoms with E-state index in [4.69, 9.17) is 23.2 Å². The monoisotopic (exact) mass is 310 g/mol. The molecule has 4 heteroatoms. The summed E-state index contributed by atoms with van der Waals surface area (Å²) < 4.78 is 2.34. The number of halogens is 2. The molecule has 1 aromatic carbocycles. The van der Waals surface area contributed by atoms with Gasteiger partial charge >= 0.3 is 0 Å². The molecule has 20 heavy (non-hydrogen) atoms. The summed E-state index contributed by atoms with van der Waals surface area (Å²) in [7, 11) is 0. The normalized spacial score (nSPS) is 19.6. The molecule has 0 spiro atoms. The summed E-state index contributed by atoms with van der Waals surface area (Å²) in [6, 6.07) is 6.45. The van der Waals surface area contributed by atoms with Crippen molar-refractivity contribution in [3.8, 4) is 0 Å². The molecule has 2 aromatic rings. The van der Waals surface area contributed by atoms with Gasteiger partial charge < -0.3 is 4.57 Å². The minimum Gasteiger partial charge on any atom is -0.324 e. The first-order valence-electron chi connectivity index (χ1n) is 7.22. The van der Waals surface area contributed by atoms with E-state index in [9.17, 15) is 0 Å². The minimum atomic E-state index is 0.451. The van der Waals surface area contributed by atoms with Crippen molar-refractivity contribution in [3.63, 3.8) is 0 Å². The third kappa shape index (κ3) is 2.56. The molecule has 1 saturated carbocycles. The summed E-state index contributed by atoms with van der Waals surface area (Å²) in [6.07, 6.45) is 4.91. The maximum Gasteiger partial charge on any atom is 0.125 e. The molecule has 0 N–H and O–H groups in total. The molecule has 0 bridgehead atoms. The molecule has 0 atom stereocenters. The van der Waals surface area contributed by atoms with Crippen LogP contribution < -0.4 is 0 Å². The number of aromatic nitrogens is 2. The van der Waals surface area contributed by atoms with Gasteiger partial charge in [0.2, 0.25) is 0 Å². The zero-order chi connectivity index (χ0) is 14.3. The van der Waals surface area contributed by atoms with Gasteiger partial charge in [0.05, 0.1) is 16.9 Å². The Labute approximate surface area is 130 Å². The Morgan fingerprint density at radius 2 is 2.00 bits per heavy atom. The van der Waals surface area contributed by atoms with Crippen molar-refractivity contribution >= 4 is 34.2 Å². The molecule has 1 aliphatic rings. The van der Waals surface area contributed by atoms with Gasteiger partial charge in [-0.15, -0.1) is 11.6 Å². The molecule has 0 radical (unpaired) electrons. The number of benzene rings is 1. The van der Waals surface area contributed by atoms with Gasteiger partial charge in [-0.1, -0.05) is 25.4 Å². The highest BCUT2D eigenvalue weighted by atomic mass is 35.5. The van der Waals surface area contributed by atoms with Crippen molar-refractivity contribution in [1.29, 1.82) is 0 Å². The summed E-state index contributed by atoms with van der Waals surface area (Å²) in [6.45, 7) is 4.72. The molecular weight excluding hydrogens is 291 g/mol. The Bertz CT molecular complexity index is 621. The third-order valence-electron chi connectivity index (χ3n) is 4.52. The molecule has 108 valence electrons. The van der Waals surface area contributed by atoms with E-state index in [0.717, 1.165) is 21.9 Å². The fraction of sp³-hybridized carbons (Fsp3) is 0.562. The Kier molecular flexibility index (Phi) is 3.72. The van der Waals surface area contributed by atoms with Crippen LogP contribution >= 0.6 is 23.2 Å². The van der Waals surface area contributed by atoms with E-state index in [1.807, 2.05) is 12.1 Å². The number of imidazole rings is 1. The van der Waals surface area contributed by atoms with Gasteiger partial charge in [-0.25, -0.2) is 4.98 Å². The highest BCUT2D eigenvalue weighted by Crippen LogP contribution is 2.41.